The van der Waals surface area contributed by atoms with E-state index in [1.807, 2.05) is 6.92 Å². The molecule has 5 nitrogen and oxygen atoms in total. The van der Waals surface area contributed by atoms with Gasteiger partial charge in [-0.05, 0) is 57.0 Å². The van der Waals surface area contributed by atoms with Gasteiger partial charge in [0.25, 0.3) is 0 Å². The second kappa shape index (κ2) is 8.33. The molecule has 1 unspecified atom stereocenters. The maximum Gasteiger partial charge on any atom is 0.418 e. The molecule has 0 aliphatic carbocycles. The predicted octanol–water partition coefficient (Wildman–Crippen LogP) is 4.59. The Balaban J connectivity index is 2.27. The molecule has 158 valence electrons. The summed E-state index contributed by atoms with van der Waals surface area (Å²) < 4.78 is 67.2. The Kier molecular flexibility index (Phi) is 6.66. The highest BCUT2D eigenvalue weighted by Gasteiger charge is 2.35. The number of hydrogen-bond acceptors (Lipinski definition) is 3. The van der Waals surface area contributed by atoms with Gasteiger partial charge in [-0.3, -0.25) is 4.79 Å². The first-order chi connectivity index (χ1) is 13.2. The van der Waals surface area contributed by atoms with Gasteiger partial charge in [0, 0.05) is 5.02 Å². The van der Waals surface area contributed by atoms with E-state index in [1.54, 1.807) is 26.0 Å². The molecule has 0 aromatic heterocycles. The van der Waals surface area contributed by atoms with Gasteiger partial charge in [-0.25, -0.2) is 8.42 Å². The number of sulfonamides is 1. The zero-order chi connectivity index (χ0) is 22.1. The standard InChI is InChI=1S/C19H20ClF3N2O3S/c1-10-7-11(2)17(12(3)8-10)29(27,28)25-13(4)18(26)24-16-6-5-14(20)9-15(16)19(21,22)23/h5-9,13,25H,1-4H3,(H,24,26). The summed E-state index contributed by atoms with van der Waals surface area (Å²) in [5.74, 6) is -0.941. The van der Waals surface area contributed by atoms with Crippen molar-refractivity contribution in [3.8, 4) is 0 Å². The van der Waals surface area contributed by atoms with E-state index in [0.717, 1.165) is 11.6 Å². The number of halogens is 4. The third-order valence-electron chi connectivity index (χ3n) is 4.14. The second-order valence-corrected chi connectivity index (χ2v) is 8.83. The maximum absolute atomic E-state index is 13.2. The van der Waals surface area contributed by atoms with E-state index >= 15 is 0 Å². The number of amides is 1. The molecule has 0 saturated heterocycles. The Morgan fingerprint density at radius 2 is 1.62 bits per heavy atom. The smallest absolute Gasteiger partial charge is 0.324 e. The molecular weight excluding hydrogens is 429 g/mol. The predicted molar refractivity (Wildman–Crippen MR) is 106 cm³/mol. The van der Waals surface area contributed by atoms with Crippen LogP contribution in [-0.2, 0) is 21.0 Å². The van der Waals surface area contributed by atoms with Crippen molar-refractivity contribution in [3.63, 3.8) is 0 Å². The molecule has 1 amide bonds. The van der Waals surface area contributed by atoms with Gasteiger partial charge in [0.15, 0.2) is 0 Å². The van der Waals surface area contributed by atoms with Crippen LogP contribution in [0.3, 0.4) is 0 Å². The molecule has 0 heterocycles. The molecule has 0 radical (unpaired) electrons. The van der Waals surface area contributed by atoms with Crippen LogP contribution in [0.25, 0.3) is 0 Å². The van der Waals surface area contributed by atoms with E-state index in [2.05, 4.69) is 10.0 Å². The number of carbonyl (C=O) groups is 1. The van der Waals surface area contributed by atoms with Crippen LogP contribution >= 0.6 is 11.6 Å². The third kappa shape index (κ3) is 5.49. The topological polar surface area (TPSA) is 75.3 Å². The summed E-state index contributed by atoms with van der Waals surface area (Å²) >= 11 is 5.61. The van der Waals surface area contributed by atoms with Crippen LogP contribution in [0.4, 0.5) is 18.9 Å². The molecular formula is C19H20ClF3N2O3S. The first kappa shape index (κ1) is 23.2. The van der Waals surface area contributed by atoms with Crippen LogP contribution in [0.5, 0.6) is 0 Å². The van der Waals surface area contributed by atoms with E-state index in [9.17, 15) is 26.4 Å². The average Bonchev–Trinajstić information content (AvgIpc) is 2.53. The quantitative estimate of drug-likeness (QED) is 0.702. The lowest BCUT2D eigenvalue weighted by Gasteiger charge is -2.19. The van der Waals surface area contributed by atoms with Crippen molar-refractivity contribution < 1.29 is 26.4 Å². The highest BCUT2D eigenvalue weighted by Crippen LogP contribution is 2.36. The van der Waals surface area contributed by atoms with Crippen molar-refractivity contribution in [2.45, 2.75) is 44.8 Å². The first-order valence-corrected chi connectivity index (χ1v) is 10.4. The van der Waals surface area contributed by atoms with E-state index in [-0.39, 0.29) is 9.92 Å². The Bertz CT molecular complexity index is 1030. The molecule has 0 spiro atoms. The van der Waals surface area contributed by atoms with Crippen LogP contribution in [0.15, 0.2) is 35.2 Å². The average molecular weight is 449 g/mol. The first-order valence-electron chi connectivity index (χ1n) is 8.50. The summed E-state index contributed by atoms with van der Waals surface area (Å²) in [5, 5.41) is 1.97. The summed E-state index contributed by atoms with van der Waals surface area (Å²) in [6, 6.07) is 4.95. The Morgan fingerprint density at radius 1 is 1.07 bits per heavy atom. The number of hydrogen-bond donors (Lipinski definition) is 2. The molecule has 1 atom stereocenters. The van der Waals surface area contributed by atoms with Crippen molar-refractivity contribution in [3.05, 3.63) is 57.6 Å². The van der Waals surface area contributed by atoms with Crippen LogP contribution in [-0.4, -0.2) is 20.4 Å². The Hall–Kier alpha value is -2.10. The normalized spacial score (nSPS) is 13.2. The van der Waals surface area contributed by atoms with Gasteiger partial charge in [-0.1, -0.05) is 29.3 Å². The monoisotopic (exact) mass is 448 g/mol. The zero-order valence-electron chi connectivity index (χ0n) is 16.1. The molecule has 29 heavy (non-hydrogen) atoms. The van der Waals surface area contributed by atoms with E-state index < -0.39 is 39.4 Å². The lowest BCUT2D eigenvalue weighted by Crippen LogP contribution is -2.42. The summed E-state index contributed by atoms with van der Waals surface area (Å²) in [6.45, 7) is 6.32. The molecule has 2 N–H and O–H groups in total. The van der Waals surface area contributed by atoms with Crippen LogP contribution in [0.1, 0.15) is 29.2 Å². The minimum Gasteiger partial charge on any atom is -0.324 e. The van der Waals surface area contributed by atoms with E-state index in [4.69, 9.17) is 11.6 Å². The summed E-state index contributed by atoms with van der Waals surface area (Å²) in [7, 11) is -4.07. The largest absolute Gasteiger partial charge is 0.418 e. The molecule has 2 aromatic rings. The SMILES string of the molecule is Cc1cc(C)c(S(=O)(=O)NC(C)C(=O)Nc2ccc(Cl)cc2C(F)(F)F)c(C)c1. The van der Waals surface area contributed by atoms with E-state index in [0.29, 0.717) is 17.2 Å². The lowest BCUT2D eigenvalue weighted by molar-refractivity contribution is -0.137. The lowest BCUT2D eigenvalue weighted by atomic mass is 10.1. The number of carbonyl (C=O) groups excluding carboxylic acids is 1. The highest BCUT2D eigenvalue weighted by molar-refractivity contribution is 7.89. The van der Waals surface area contributed by atoms with Gasteiger partial charge >= 0.3 is 6.18 Å². The molecule has 0 saturated carbocycles. The molecule has 2 aromatic carbocycles. The minimum absolute atomic E-state index is 0.0326. The van der Waals surface area contributed by atoms with Gasteiger partial charge in [-0.15, -0.1) is 0 Å². The highest BCUT2D eigenvalue weighted by atomic mass is 35.5. The molecule has 0 aliphatic rings. The summed E-state index contributed by atoms with van der Waals surface area (Å²) in [6.07, 6.45) is -4.74. The number of nitrogens with one attached hydrogen (secondary N) is 2. The number of anilines is 1. The number of benzene rings is 2. The fraction of sp³-hybridized carbons (Fsp3) is 0.316. The van der Waals surface area contributed by atoms with Crippen molar-refractivity contribution in [1.82, 2.24) is 4.72 Å². The van der Waals surface area contributed by atoms with Gasteiger partial charge < -0.3 is 5.32 Å². The van der Waals surface area contributed by atoms with Gasteiger partial charge in [0.2, 0.25) is 15.9 Å². The maximum atomic E-state index is 13.2. The second-order valence-electron chi connectivity index (χ2n) is 6.75. The zero-order valence-corrected chi connectivity index (χ0v) is 17.7. The van der Waals surface area contributed by atoms with Crippen LogP contribution in [0.2, 0.25) is 5.02 Å². The van der Waals surface area contributed by atoms with Crippen molar-refractivity contribution in [1.29, 1.82) is 0 Å². The number of aryl methyl sites for hydroxylation is 3. The number of rotatable bonds is 5. The Labute approximate surface area is 172 Å². The van der Waals surface area contributed by atoms with Crippen molar-refractivity contribution in [2.24, 2.45) is 0 Å². The van der Waals surface area contributed by atoms with Crippen LogP contribution < -0.4 is 10.0 Å². The molecule has 0 aliphatic heterocycles. The molecule has 0 bridgehead atoms. The van der Waals surface area contributed by atoms with Gasteiger partial charge in [-0.2, -0.15) is 17.9 Å². The third-order valence-corrected chi connectivity index (χ3v) is 6.22. The van der Waals surface area contributed by atoms with Crippen molar-refractivity contribution in [2.75, 3.05) is 5.32 Å². The Morgan fingerprint density at radius 3 is 2.14 bits per heavy atom. The van der Waals surface area contributed by atoms with Gasteiger partial charge in [0.1, 0.15) is 0 Å². The number of alkyl halides is 3. The molecule has 2 rings (SSSR count). The summed E-state index contributed by atoms with van der Waals surface area (Å²) in [5.41, 5.74) is 0.241. The molecule has 10 heteroatoms. The fourth-order valence-electron chi connectivity index (χ4n) is 3.04. The fourth-order valence-corrected chi connectivity index (χ4v) is 4.86. The van der Waals surface area contributed by atoms with Gasteiger partial charge in [0.05, 0.1) is 22.2 Å². The minimum atomic E-state index is -4.74. The summed E-state index contributed by atoms with van der Waals surface area (Å²) in [4.78, 5) is 12.4. The molecule has 0 fully saturated rings. The van der Waals surface area contributed by atoms with E-state index in [1.165, 1.54) is 13.0 Å². The van der Waals surface area contributed by atoms with Crippen LogP contribution in [0, 0.1) is 20.8 Å². The van der Waals surface area contributed by atoms with Crippen molar-refractivity contribution >= 4 is 33.2 Å².